The number of ether oxygens (including phenoxy) is 1. The fourth-order valence-electron chi connectivity index (χ4n) is 1.22. The Bertz CT molecular complexity index is 452. The van der Waals surface area contributed by atoms with E-state index in [1.165, 1.54) is 0 Å². The van der Waals surface area contributed by atoms with Gasteiger partial charge in [-0.1, -0.05) is 0 Å². The molecule has 0 unspecified atom stereocenters. The molecule has 2 rings (SSSR count). The third-order valence-corrected chi connectivity index (χ3v) is 1.93. The van der Waals surface area contributed by atoms with Gasteiger partial charge in [0.1, 0.15) is 6.61 Å². The van der Waals surface area contributed by atoms with Gasteiger partial charge in [-0.05, 0) is 12.1 Å². The highest BCUT2D eigenvalue weighted by Crippen LogP contribution is 2.17. The van der Waals surface area contributed by atoms with Gasteiger partial charge in [-0.25, -0.2) is 4.98 Å². The Balaban J connectivity index is 2.02. The lowest BCUT2D eigenvalue weighted by Gasteiger charge is -2.05. The van der Waals surface area contributed by atoms with Gasteiger partial charge in [0, 0.05) is 25.0 Å². The largest absolute Gasteiger partial charge is 0.471 e. The highest BCUT2D eigenvalue weighted by molar-refractivity contribution is 5.46. The summed E-state index contributed by atoms with van der Waals surface area (Å²) in [5.74, 6) is 0.460. The molecule has 5 heteroatoms. The van der Waals surface area contributed by atoms with Crippen LogP contribution in [0.2, 0.25) is 0 Å². The molecule has 0 fully saturated rings. The second-order valence-corrected chi connectivity index (χ2v) is 3.21. The van der Waals surface area contributed by atoms with Crippen LogP contribution in [0.5, 0.6) is 5.88 Å². The van der Waals surface area contributed by atoms with Crippen LogP contribution in [0.4, 0.5) is 5.69 Å². The molecular formula is C10H12N4O. The molecule has 78 valence electrons. The Labute approximate surface area is 87.5 Å². The molecule has 2 N–H and O–H groups in total. The zero-order chi connectivity index (χ0) is 10.7. The number of rotatable bonds is 3. The first kappa shape index (κ1) is 9.51. The van der Waals surface area contributed by atoms with Crippen molar-refractivity contribution < 1.29 is 4.74 Å². The average Bonchev–Trinajstić information content (AvgIpc) is 2.63. The Morgan fingerprint density at radius 3 is 3.07 bits per heavy atom. The zero-order valence-electron chi connectivity index (χ0n) is 8.42. The number of aromatic nitrogens is 3. The van der Waals surface area contributed by atoms with E-state index in [0.29, 0.717) is 18.2 Å². The fourth-order valence-corrected chi connectivity index (χ4v) is 1.22. The van der Waals surface area contributed by atoms with E-state index in [-0.39, 0.29) is 0 Å². The van der Waals surface area contributed by atoms with Crippen LogP contribution in [0.1, 0.15) is 5.56 Å². The maximum absolute atomic E-state index is 5.68. The molecule has 0 amide bonds. The SMILES string of the molecule is Cn1cc(COc2ncccc2N)cn1. The minimum atomic E-state index is 0.426. The van der Waals surface area contributed by atoms with Gasteiger partial charge in [0.2, 0.25) is 5.88 Å². The van der Waals surface area contributed by atoms with E-state index in [1.54, 1.807) is 29.2 Å². The van der Waals surface area contributed by atoms with Crippen LogP contribution in [0.3, 0.4) is 0 Å². The van der Waals surface area contributed by atoms with E-state index in [1.807, 2.05) is 13.2 Å². The minimum Gasteiger partial charge on any atom is -0.471 e. The van der Waals surface area contributed by atoms with E-state index in [9.17, 15) is 0 Å². The molecular weight excluding hydrogens is 192 g/mol. The first-order chi connectivity index (χ1) is 7.25. The van der Waals surface area contributed by atoms with Gasteiger partial charge in [0.15, 0.2) is 0 Å². The Hall–Kier alpha value is -2.04. The van der Waals surface area contributed by atoms with Gasteiger partial charge < -0.3 is 10.5 Å². The molecule has 0 radical (unpaired) electrons. The molecule has 0 bridgehead atoms. The number of hydrogen-bond donors (Lipinski definition) is 1. The molecule has 0 atom stereocenters. The summed E-state index contributed by atoms with van der Waals surface area (Å²) >= 11 is 0. The third-order valence-electron chi connectivity index (χ3n) is 1.93. The number of nitrogens with zero attached hydrogens (tertiary/aromatic N) is 3. The van der Waals surface area contributed by atoms with E-state index >= 15 is 0 Å². The molecule has 5 nitrogen and oxygen atoms in total. The first-order valence-electron chi connectivity index (χ1n) is 4.56. The van der Waals surface area contributed by atoms with Crippen LogP contribution in [0.25, 0.3) is 0 Å². The highest BCUT2D eigenvalue weighted by Gasteiger charge is 2.02. The van der Waals surface area contributed by atoms with Crippen molar-refractivity contribution in [3.8, 4) is 5.88 Å². The molecule has 0 aliphatic heterocycles. The maximum atomic E-state index is 5.68. The number of aryl methyl sites for hydroxylation is 1. The van der Waals surface area contributed by atoms with Crippen LogP contribution >= 0.6 is 0 Å². The van der Waals surface area contributed by atoms with Crippen LogP contribution in [-0.4, -0.2) is 14.8 Å². The number of pyridine rings is 1. The van der Waals surface area contributed by atoms with E-state index in [0.717, 1.165) is 5.56 Å². The molecule has 0 spiro atoms. The molecule has 0 aromatic carbocycles. The summed E-state index contributed by atoms with van der Waals surface area (Å²) in [6, 6.07) is 3.53. The normalized spacial score (nSPS) is 10.2. The Kier molecular flexibility index (Phi) is 2.53. The molecule has 0 saturated carbocycles. The van der Waals surface area contributed by atoms with Crippen molar-refractivity contribution in [1.29, 1.82) is 0 Å². The molecule has 0 aliphatic rings. The van der Waals surface area contributed by atoms with Crippen molar-refractivity contribution in [2.24, 2.45) is 7.05 Å². The fraction of sp³-hybridized carbons (Fsp3) is 0.200. The zero-order valence-corrected chi connectivity index (χ0v) is 8.42. The smallest absolute Gasteiger partial charge is 0.237 e. The summed E-state index contributed by atoms with van der Waals surface area (Å²) in [5, 5.41) is 4.04. The maximum Gasteiger partial charge on any atom is 0.237 e. The number of anilines is 1. The van der Waals surface area contributed by atoms with E-state index in [2.05, 4.69) is 10.1 Å². The lowest BCUT2D eigenvalue weighted by Crippen LogP contribution is -1.99. The average molecular weight is 204 g/mol. The van der Waals surface area contributed by atoms with Crippen molar-refractivity contribution in [2.75, 3.05) is 5.73 Å². The van der Waals surface area contributed by atoms with Crippen LogP contribution in [-0.2, 0) is 13.7 Å². The predicted octanol–water partition coefficient (Wildman–Crippen LogP) is 0.976. The van der Waals surface area contributed by atoms with Gasteiger partial charge in [-0.15, -0.1) is 0 Å². The van der Waals surface area contributed by atoms with E-state index in [4.69, 9.17) is 10.5 Å². The molecule has 2 aromatic heterocycles. The molecule has 0 saturated heterocycles. The molecule has 2 aromatic rings. The third kappa shape index (κ3) is 2.25. The molecule has 0 aliphatic carbocycles. The van der Waals surface area contributed by atoms with Gasteiger partial charge >= 0.3 is 0 Å². The van der Waals surface area contributed by atoms with E-state index < -0.39 is 0 Å². The summed E-state index contributed by atoms with van der Waals surface area (Å²) in [5.41, 5.74) is 7.21. The summed E-state index contributed by atoms with van der Waals surface area (Å²) in [6.45, 7) is 0.426. The standard InChI is InChI=1S/C10H12N4O/c1-14-6-8(5-13-14)7-15-10-9(11)3-2-4-12-10/h2-6H,7,11H2,1H3. The Morgan fingerprint density at radius 2 is 2.40 bits per heavy atom. The summed E-state index contributed by atoms with van der Waals surface area (Å²) in [6.07, 6.45) is 5.28. The number of hydrogen-bond acceptors (Lipinski definition) is 4. The van der Waals surface area contributed by atoms with Crippen molar-refractivity contribution in [3.63, 3.8) is 0 Å². The van der Waals surface area contributed by atoms with Gasteiger partial charge in [0.25, 0.3) is 0 Å². The topological polar surface area (TPSA) is 66.0 Å². The van der Waals surface area contributed by atoms with Gasteiger partial charge in [-0.3, -0.25) is 4.68 Å². The summed E-state index contributed by atoms with van der Waals surface area (Å²) in [7, 11) is 1.86. The first-order valence-corrected chi connectivity index (χ1v) is 4.56. The summed E-state index contributed by atoms with van der Waals surface area (Å²) < 4.78 is 7.17. The van der Waals surface area contributed by atoms with Crippen LogP contribution in [0.15, 0.2) is 30.7 Å². The van der Waals surface area contributed by atoms with Crippen molar-refractivity contribution >= 4 is 5.69 Å². The lowest BCUT2D eigenvalue weighted by molar-refractivity contribution is 0.295. The molecule has 2 heterocycles. The monoisotopic (exact) mass is 204 g/mol. The van der Waals surface area contributed by atoms with Crippen molar-refractivity contribution in [2.45, 2.75) is 6.61 Å². The van der Waals surface area contributed by atoms with Gasteiger partial charge in [-0.2, -0.15) is 5.10 Å². The van der Waals surface area contributed by atoms with Gasteiger partial charge in [0.05, 0.1) is 11.9 Å². The van der Waals surface area contributed by atoms with Crippen LogP contribution in [0, 0.1) is 0 Å². The number of nitrogens with two attached hydrogens (primary N) is 1. The Morgan fingerprint density at radius 1 is 1.53 bits per heavy atom. The molecule has 15 heavy (non-hydrogen) atoms. The van der Waals surface area contributed by atoms with Crippen molar-refractivity contribution in [3.05, 3.63) is 36.3 Å². The quantitative estimate of drug-likeness (QED) is 0.809. The number of nitrogen functional groups attached to an aromatic ring is 1. The van der Waals surface area contributed by atoms with Crippen LogP contribution < -0.4 is 10.5 Å². The second-order valence-electron chi connectivity index (χ2n) is 3.21. The minimum absolute atomic E-state index is 0.426. The summed E-state index contributed by atoms with van der Waals surface area (Å²) in [4.78, 5) is 4.03. The second kappa shape index (κ2) is 4.00. The van der Waals surface area contributed by atoms with Crippen molar-refractivity contribution in [1.82, 2.24) is 14.8 Å². The highest BCUT2D eigenvalue weighted by atomic mass is 16.5. The lowest BCUT2D eigenvalue weighted by atomic mass is 10.4. The predicted molar refractivity (Wildman–Crippen MR) is 56.2 cm³/mol.